The van der Waals surface area contributed by atoms with Gasteiger partial charge in [-0.15, -0.1) is 0 Å². The van der Waals surface area contributed by atoms with Gasteiger partial charge in [0.2, 0.25) is 0 Å². The summed E-state index contributed by atoms with van der Waals surface area (Å²) in [6, 6.07) is 1.44. The van der Waals surface area contributed by atoms with Crippen molar-refractivity contribution in [2.75, 3.05) is 69.8 Å². The SMILES string of the molecule is C=C(F)C(=O)N1CCN(c2nc(OC[C@@H]3CC(F)(F)CN3C)nc3c2CCN(c2c(C)c(C)cc4[nH]ncc24)C3)C[C@@H]1CNC. The molecule has 2 fully saturated rings. The number of H-pyrrole nitrogens is 1. The molecule has 0 radical (unpaired) electrons. The zero-order valence-corrected chi connectivity index (χ0v) is 26.2. The van der Waals surface area contributed by atoms with Crippen LogP contribution in [0.15, 0.2) is 24.7 Å². The maximum absolute atomic E-state index is 14.1. The minimum absolute atomic E-state index is 0.0317. The summed E-state index contributed by atoms with van der Waals surface area (Å²) in [6.07, 6.45) is 2.21. The van der Waals surface area contributed by atoms with Crippen LogP contribution in [0.2, 0.25) is 0 Å². The number of aryl methyl sites for hydroxylation is 1. The number of likely N-dealkylation sites (tertiary alicyclic amines) is 1. The van der Waals surface area contributed by atoms with Crippen LogP contribution in [0.25, 0.3) is 10.9 Å². The molecule has 45 heavy (non-hydrogen) atoms. The summed E-state index contributed by atoms with van der Waals surface area (Å²) in [7, 11) is 3.45. The molecule has 1 amide bonds. The molecule has 0 bridgehead atoms. The van der Waals surface area contributed by atoms with E-state index in [0.717, 1.165) is 45.5 Å². The first-order valence-electron chi connectivity index (χ1n) is 15.3. The number of ether oxygens (including phenoxy) is 1. The highest BCUT2D eigenvalue weighted by Crippen LogP contribution is 2.38. The van der Waals surface area contributed by atoms with Crippen molar-refractivity contribution in [1.82, 2.24) is 35.3 Å². The van der Waals surface area contributed by atoms with Crippen molar-refractivity contribution in [3.05, 3.63) is 47.1 Å². The number of carbonyl (C=O) groups is 1. The summed E-state index contributed by atoms with van der Waals surface area (Å²) in [5.41, 5.74) is 6.14. The second kappa shape index (κ2) is 12.1. The molecule has 2 saturated heterocycles. The summed E-state index contributed by atoms with van der Waals surface area (Å²) in [4.78, 5) is 29.8. The molecule has 3 aliphatic rings. The van der Waals surface area contributed by atoms with E-state index in [9.17, 15) is 18.0 Å². The number of halogens is 3. The van der Waals surface area contributed by atoms with Gasteiger partial charge in [0.25, 0.3) is 11.8 Å². The molecule has 0 unspecified atom stereocenters. The average Bonchev–Trinajstić information content (AvgIpc) is 3.57. The molecule has 0 aliphatic carbocycles. The first-order chi connectivity index (χ1) is 21.5. The number of alkyl halides is 2. The van der Waals surface area contributed by atoms with Gasteiger partial charge < -0.3 is 24.8 Å². The van der Waals surface area contributed by atoms with Crippen LogP contribution in [-0.2, 0) is 17.8 Å². The van der Waals surface area contributed by atoms with Gasteiger partial charge in [0, 0.05) is 56.1 Å². The Morgan fingerprint density at radius 1 is 1.20 bits per heavy atom. The first-order valence-corrected chi connectivity index (χ1v) is 15.3. The Morgan fingerprint density at radius 2 is 2.00 bits per heavy atom. The third-order valence-corrected chi connectivity index (χ3v) is 9.33. The van der Waals surface area contributed by atoms with Gasteiger partial charge in [-0.05, 0) is 51.6 Å². The zero-order chi connectivity index (χ0) is 32.0. The normalized spacial score (nSPS) is 21.8. The van der Waals surface area contributed by atoms with Crippen molar-refractivity contribution in [1.29, 1.82) is 0 Å². The quantitative estimate of drug-likeness (QED) is 0.365. The van der Waals surface area contributed by atoms with Crippen LogP contribution in [0.3, 0.4) is 0 Å². The second-order valence-corrected chi connectivity index (χ2v) is 12.4. The summed E-state index contributed by atoms with van der Waals surface area (Å²) in [6.45, 7) is 9.91. The van der Waals surface area contributed by atoms with Crippen molar-refractivity contribution in [3.8, 4) is 6.01 Å². The number of carbonyl (C=O) groups excluding carboxylic acids is 1. The van der Waals surface area contributed by atoms with Crippen LogP contribution >= 0.6 is 0 Å². The number of nitrogens with one attached hydrogen (secondary N) is 2. The molecular weight excluding hydrogens is 587 g/mol. The predicted octanol–water partition coefficient (Wildman–Crippen LogP) is 2.97. The standard InChI is InChI=1S/C31H40F3N9O2/c1-18-10-25-24(13-36-39-25)27(19(18)2)41-7-6-23-26(15-41)37-30(45-16-21-11-31(33,34)17-40(21)5)38-28(23)42-8-9-43(29(44)20(3)32)22(14-42)12-35-4/h10,13,21-22,35H,3,6-9,11-12,14-17H2,1-2,4-5H3,(H,36,39)/t21-,22-/m0/s1. The summed E-state index contributed by atoms with van der Waals surface area (Å²) < 4.78 is 48.1. The van der Waals surface area contributed by atoms with Crippen LogP contribution in [0, 0.1) is 13.8 Å². The molecule has 0 saturated carbocycles. The van der Waals surface area contributed by atoms with E-state index >= 15 is 0 Å². The molecule has 0 spiro atoms. The number of likely N-dealkylation sites (N-methyl/N-ethyl adjacent to an activating group) is 2. The third-order valence-electron chi connectivity index (χ3n) is 9.33. The maximum atomic E-state index is 14.1. The highest BCUT2D eigenvalue weighted by molar-refractivity contribution is 5.94. The van der Waals surface area contributed by atoms with Gasteiger partial charge in [0.05, 0.1) is 42.2 Å². The number of hydrogen-bond acceptors (Lipinski definition) is 9. The fourth-order valence-corrected chi connectivity index (χ4v) is 6.92. The van der Waals surface area contributed by atoms with Crippen molar-refractivity contribution >= 4 is 28.3 Å². The highest BCUT2D eigenvalue weighted by atomic mass is 19.3. The van der Waals surface area contributed by atoms with Gasteiger partial charge in [-0.1, -0.05) is 6.58 Å². The lowest BCUT2D eigenvalue weighted by Gasteiger charge is -2.43. The maximum Gasteiger partial charge on any atom is 0.318 e. The van der Waals surface area contributed by atoms with Crippen molar-refractivity contribution in [2.24, 2.45) is 0 Å². The van der Waals surface area contributed by atoms with Crippen LogP contribution in [0.5, 0.6) is 6.01 Å². The van der Waals surface area contributed by atoms with Gasteiger partial charge in [-0.25, -0.2) is 13.2 Å². The molecule has 11 nitrogen and oxygen atoms in total. The van der Waals surface area contributed by atoms with Gasteiger partial charge in [0.1, 0.15) is 12.4 Å². The van der Waals surface area contributed by atoms with Crippen molar-refractivity contribution in [2.45, 2.75) is 51.2 Å². The van der Waals surface area contributed by atoms with Gasteiger partial charge in [0.15, 0.2) is 5.83 Å². The van der Waals surface area contributed by atoms with E-state index in [1.165, 1.54) is 4.90 Å². The number of aromatic nitrogens is 4. The Kier molecular flexibility index (Phi) is 8.37. The van der Waals surface area contributed by atoms with Gasteiger partial charge in [-0.2, -0.15) is 15.1 Å². The Hall–Kier alpha value is -3.91. The molecule has 6 rings (SSSR count). The number of benzene rings is 1. The van der Waals surface area contributed by atoms with Crippen molar-refractivity contribution < 1.29 is 22.7 Å². The molecule has 3 aliphatic heterocycles. The van der Waals surface area contributed by atoms with Gasteiger partial charge >= 0.3 is 6.01 Å². The number of rotatable bonds is 8. The van der Waals surface area contributed by atoms with Crippen LogP contribution in [0.1, 0.15) is 28.8 Å². The topological polar surface area (TPSA) is 106 Å². The number of amides is 1. The minimum atomic E-state index is -2.76. The Labute approximate surface area is 260 Å². The number of anilines is 2. The summed E-state index contributed by atoms with van der Waals surface area (Å²) in [5.74, 6) is -3.77. The molecule has 14 heteroatoms. The molecule has 2 atom stereocenters. The fraction of sp³-hybridized carbons (Fsp3) is 0.548. The molecule has 3 aromatic rings. The molecule has 2 aromatic heterocycles. The average molecular weight is 628 g/mol. The first kappa shape index (κ1) is 31.1. The third kappa shape index (κ3) is 6.05. The number of fused-ring (bicyclic) bond motifs is 2. The number of piperazine rings is 1. The lowest BCUT2D eigenvalue weighted by molar-refractivity contribution is -0.131. The van der Waals surface area contributed by atoms with E-state index in [2.05, 4.69) is 51.8 Å². The highest BCUT2D eigenvalue weighted by Gasteiger charge is 2.43. The predicted molar refractivity (Wildman–Crippen MR) is 166 cm³/mol. The molecular formula is C31H40F3N9O2. The molecule has 1 aromatic carbocycles. The van der Waals surface area contributed by atoms with E-state index in [-0.39, 0.29) is 38.2 Å². The van der Waals surface area contributed by atoms with E-state index < -0.39 is 23.7 Å². The Balaban J connectivity index is 1.34. The van der Waals surface area contributed by atoms with E-state index in [1.54, 1.807) is 19.0 Å². The van der Waals surface area contributed by atoms with Gasteiger partial charge in [-0.3, -0.25) is 14.8 Å². The number of hydrogen-bond donors (Lipinski definition) is 2. The zero-order valence-electron chi connectivity index (χ0n) is 26.2. The molecule has 2 N–H and O–H groups in total. The Bertz CT molecular complexity index is 1610. The number of aromatic amines is 1. The second-order valence-electron chi connectivity index (χ2n) is 12.4. The fourth-order valence-electron chi connectivity index (χ4n) is 6.92. The molecule has 242 valence electrons. The minimum Gasteiger partial charge on any atom is -0.462 e. The van der Waals surface area contributed by atoms with Crippen LogP contribution in [-0.4, -0.2) is 114 Å². The largest absolute Gasteiger partial charge is 0.462 e. The lowest BCUT2D eigenvalue weighted by atomic mass is 9.99. The monoisotopic (exact) mass is 627 g/mol. The smallest absolute Gasteiger partial charge is 0.318 e. The van der Waals surface area contributed by atoms with E-state index in [0.29, 0.717) is 38.4 Å². The lowest BCUT2D eigenvalue weighted by Crippen LogP contribution is -2.58. The number of nitrogens with zero attached hydrogens (tertiary/aromatic N) is 7. The van der Waals surface area contributed by atoms with Crippen LogP contribution in [0.4, 0.5) is 24.7 Å². The van der Waals surface area contributed by atoms with E-state index in [4.69, 9.17) is 14.7 Å². The summed E-state index contributed by atoms with van der Waals surface area (Å²) in [5, 5.41) is 11.5. The van der Waals surface area contributed by atoms with Crippen molar-refractivity contribution in [3.63, 3.8) is 0 Å². The Morgan fingerprint density at radius 3 is 2.71 bits per heavy atom. The van der Waals surface area contributed by atoms with Crippen LogP contribution < -0.4 is 19.9 Å². The summed E-state index contributed by atoms with van der Waals surface area (Å²) >= 11 is 0. The molecule has 5 heterocycles. The van der Waals surface area contributed by atoms with E-state index in [1.807, 2.05) is 6.20 Å².